The van der Waals surface area contributed by atoms with Crippen molar-refractivity contribution in [2.75, 3.05) is 20.3 Å². The van der Waals surface area contributed by atoms with Gasteiger partial charge in [-0.25, -0.2) is 0 Å². The molecule has 0 aromatic heterocycles. The Morgan fingerprint density at radius 3 is 2.20 bits per heavy atom. The largest absolute Gasteiger partial charge is 0.468 e. The number of methoxy groups -OCH3 is 1. The topological polar surface area (TPSA) is 203 Å². The number of aliphatic hydroxyl groups excluding tert-OH is 4. The normalized spacial score (nSPS) is 36.9. The average Bonchev–Trinajstić information content (AvgIpc) is 3.30. The van der Waals surface area contributed by atoms with Gasteiger partial charge in [-0.3, -0.25) is 14.4 Å². The predicted molar refractivity (Wildman–Crippen MR) is 189 cm³/mol. The van der Waals surface area contributed by atoms with Gasteiger partial charge in [-0.2, -0.15) is 0 Å². The molecule has 292 valence electrons. The second-order valence-electron chi connectivity index (χ2n) is 18.3. The van der Waals surface area contributed by atoms with Crippen LogP contribution in [0.15, 0.2) is 11.1 Å². The van der Waals surface area contributed by atoms with Gasteiger partial charge in [0.15, 0.2) is 0 Å². The van der Waals surface area contributed by atoms with E-state index in [0.717, 1.165) is 25.7 Å². The molecule has 0 aromatic carbocycles. The number of esters is 2. The van der Waals surface area contributed by atoms with Gasteiger partial charge in [0.1, 0.15) is 12.6 Å². The minimum absolute atomic E-state index is 0.0143. The summed E-state index contributed by atoms with van der Waals surface area (Å²) < 4.78 is 10.4. The summed E-state index contributed by atoms with van der Waals surface area (Å²) in [6.07, 6.45) is 0.551. The van der Waals surface area contributed by atoms with E-state index in [-0.39, 0.29) is 36.3 Å². The SMILES string of the molecule is COC(=O)CNC(=O)CC(C)(O)CC(=O)O[C@H]1[C@H](O)C[C@]2(C)C3=C(CCC2C1(C)C)[C@]1(C)CC[C@H]([C@H](CO)CC[C@@H](O)C(C)(C)O)[C@@]1(C)[C@@H](O)C3. The fourth-order valence-corrected chi connectivity index (χ4v) is 11.2. The lowest BCUT2D eigenvalue weighted by Gasteiger charge is -2.64. The average molecular weight is 724 g/mol. The van der Waals surface area contributed by atoms with E-state index in [1.807, 2.05) is 13.8 Å². The van der Waals surface area contributed by atoms with Crippen LogP contribution in [0, 0.1) is 39.4 Å². The molecule has 12 nitrogen and oxygen atoms in total. The third-order valence-corrected chi connectivity index (χ3v) is 14.2. The van der Waals surface area contributed by atoms with Crippen molar-refractivity contribution in [1.29, 1.82) is 0 Å². The smallest absolute Gasteiger partial charge is 0.325 e. The molecule has 4 aliphatic rings. The Kier molecular flexibility index (Phi) is 11.9. The van der Waals surface area contributed by atoms with E-state index in [1.54, 1.807) is 13.8 Å². The molecule has 0 aliphatic heterocycles. The highest BCUT2D eigenvalue weighted by Gasteiger charge is 2.67. The predicted octanol–water partition coefficient (Wildman–Crippen LogP) is 2.93. The second-order valence-corrected chi connectivity index (χ2v) is 18.3. The maximum atomic E-state index is 13.2. The number of rotatable bonds is 13. The maximum absolute atomic E-state index is 13.2. The first-order chi connectivity index (χ1) is 23.4. The number of carbonyl (C=O) groups is 3. The molecule has 51 heavy (non-hydrogen) atoms. The van der Waals surface area contributed by atoms with E-state index in [0.29, 0.717) is 25.7 Å². The summed E-state index contributed by atoms with van der Waals surface area (Å²) in [5.41, 5.74) is -2.47. The number of carbonyl (C=O) groups excluding carboxylic acids is 3. The number of ether oxygens (including phenoxy) is 2. The zero-order chi connectivity index (χ0) is 38.5. The van der Waals surface area contributed by atoms with Crippen molar-refractivity contribution >= 4 is 17.8 Å². The van der Waals surface area contributed by atoms with Crippen LogP contribution in [0.5, 0.6) is 0 Å². The van der Waals surface area contributed by atoms with Gasteiger partial charge < -0.3 is 45.4 Å². The minimum Gasteiger partial charge on any atom is -0.468 e. The minimum atomic E-state index is -1.75. The summed E-state index contributed by atoms with van der Waals surface area (Å²) in [6.45, 7) is 14.7. The van der Waals surface area contributed by atoms with Gasteiger partial charge in [0.25, 0.3) is 0 Å². The molecule has 0 heterocycles. The molecule has 12 heteroatoms. The molecule has 0 aromatic rings. The lowest BCUT2D eigenvalue weighted by atomic mass is 9.42. The molecule has 11 atom stereocenters. The van der Waals surface area contributed by atoms with E-state index < -0.39 is 82.6 Å². The lowest BCUT2D eigenvalue weighted by Crippen LogP contribution is -2.62. The quantitative estimate of drug-likeness (QED) is 0.109. The van der Waals surface area contributed by atoms with Crippen LogP contribution < -0.4 is 5.32 Å². The van der Waals surface area contributed by atoms with Crippen LogP contribution in [0.3, 0.4) is 0 Å². The monoisotopic (exact) mass is 723 g/mol. The molecule has 0 spiro atoms. The third kappa shape index (κ3) is 7.65. The standard InChI is InChI=1S/C39H65NO11/c1-34(2)27-12-11-24-25(16-29(44)39(8)23(14-15-38(24,39)7)22(21-41)10-13-28(43)35(3,4)48)37(27,6)17-26(42)33(34)51-31(46)19-36(5,49)18-30(45)40-20-32(47)50-9/h22-23,26-29,33,41-44,48-49H,10-21H2,1-9H3,(H,40,45)/t22-,23+,26+,27?,28+,29-,33-,36?,37+,38-,39-/m0/s1. The molecular weight excluding hydrogens is 658 g/mol. The van der Waals surface area contributed by atoms with E-state index in [1.165, 1.54) is 25.2 Å². The zero-order valence-corrected chi connectivity index (χ0v) is 32.3. The van der Waals surface area contributed by atoms with Crippen molar-refractivity contribution in [1.82, 2.24) is 5.32 Å². The van der Waals surface area contributed by atoms with Crippen molar-refractivity contribution in [3.05, 3.63) is 11.1 Å². The van der Waals surface area contributed by atoms with Gasteiger partial charge in [0.05, 0.1) is 49.5 Å². The summed E-state index contributed by atoms with van der Waals surface area (Å²) in [7, 11) is 1.19. The summed E-state index contributed by atoms with van der Waals surface area (Å²) in [6, 6.07) is 0. The Morgan fingerprint density at radius 2 is 1.61 bits per heavy atom. The highest BCUT2D eigenvalue weighted by atomic mass is 16.6. The number of hydrogen-bond donors (Lipinski definition) is 7. The summed E-state index contributed by atoms with van der Waals surface area (Å²) in [4.78, 5) is 36.9. The van der Waals surface area contributed by atoms with Crippen LogP contribution >= 0.6 is 0 Å². The highest BCUT2D eigenvalue weighted by Crippen LogP contribution is 2.72. The van der Waals surface area contributed by atoms with Crippen molar-refractivity contribution in [3.8, 4) is 0 Å². The number of allylic oxidation sites excluding steroid dienone is 1. The number of fused-ring (bicyclic) bond motifs is 4. The Bertz CT molecular complexity index is 1350. The number of hydrogen-bond acceptors (Lipinski definition) is 11. The van der Waals surface area contributed by atoms with Crippen LogP contribution in [0.2, 0.25) is 0 Å². The molecule has 4 aliphatic carbocycles. The fraction of sp³-hybridized carbons (Fsp3) is 0.872. The van der Waals surface area contributed by atoms with Gasteiger partial charge >= 0.3 is 11.9 Å². The summed E-state index contributed by atoms with van der Waals surface area (Å²) in [5, 5.41) is 68.5. The molecule has 2 fully saturated rings. The Labute approximate surface area is 303 Å². The van der Waals surface area contributed by atoms with Gasteiger partial charge in [0.2, 0.25) is 5.91 Å². The Balaban J connectivity index is 1.53. The Hall–Kier alpha value is -2.09. The van der Waals surface area contributed by atoms with Crippen LogP contribution in [0.4, 0.5) is 0 Å². The molecule has 0 saturated heterocycles. The molecule has 0 bridgehead atoms. The third-order valence-electron chi connectivity index (χ3n) is 14.2. The van der Waals surface area contributed by atoms with Crippen LogP contribution in [-0.4, -0.2) is 104 Å². The number of amides is 1. The molecule has 7 N–H and O–H groups in total. The van der Waals surface area contributed by atoms with Crippen LogP contribution in [0.1, 0.15) is 120 Å². The molecule has 4 rings (SSSR count). The molecule has 0 radical (unpaired) electrons. The van der Waals surface area contributed by atoms with E-state index in [4.69, 9.17) is 4.74 Å². The number of aliphatic hydroxyl groups is 6. The van der Waals surface area contributed by atoms with E-state index in [9.17, 15) is 45.0 Å². The molecular formula is C39H65NO11. The van der Waals surface area contributed by atoms with Gasteiger partial charge in [-0.05, 0) is 101 Å². The maximum Gasteiger partial charge on any atom is 0.325 e. The first-order valence-corrected chi connectivity index (χ1v) is 18.7. The summed E-state index contributed by atoms with van der Waals surface area (Å²) in [5.74, 6) is -2.11. The zero-order valence-electron chi connectivity index (χ0n) is 32.3. The number of nitrogens with one attached hydrogen (secondary N) is 1. The molecule has 2 unspecified atom stereocenters. The summed E-state index contributed by atoms with van der Waals surface area (Å²) >= 11 is 0. The van der Waals surface area contributed by atoms with Gasteiger partial charge in [0, 0.05) is 17.4 Å². The first kappa shape index (κ1) is 41.7. The van der Waals surface area contributed by atoms with Crippen molar-refractivity contribution < 1.29 is 54.5 Å². The van der Waals surface area contributed by atoms with Crippen molar-refractivity contribution in [3.63, 3.8) is 0 Å². The lowest BCUT2D eigenvalue weighted by molar-refractivity contribution is -0.198. The molecule has 1 amide bonds. The van der Waals surface area contributed by atoms with Crippen molar-refractivity contribution in [2.24, 2.45) is 39.4 Å². The van der Waals surface area contributed by atoms with Gasteiger partial charge in [-0.15, -0.1) is 0 Å². The fourth-order valence-electron chi connectivity index (χ4n) is 11.2. The first-order valence-electron chi connectivity index (χ1n) is 18.7. The van der Waals surface area contributed by atoms with E-state index in [2.05, 4.69) is 30.8 Å². The van der Waals surface area contributed by atoms with Crippen LogP contribution in [-0.2, 0) is 23.9 Å². The van der Waals surface area contributed by atoms with E-state index >= 15 is 0 Å². The Morgan fingerprint density at radius 1 is 0.961 bits per heavy atom. The van der Waals surface area contributed by atoms with Gasteiger partial charge in [-0.1, -0.05) is 45.8 Å². The van der Waals surface area contributed by atoms with Crippen LogP contribution in [0.25, 0.3) is 0 Å². The highest BCUT2D eigenvalue weighted by molar-refractivity contribution is 5.83. The second kappa shape index (κ2) is 14.6. The van der Waals surface area contributed by atoms with Crippen molar-refractivity contribution in [2.45, 2.75) is 155 Å². The molecule has 2 saturated carbocycles.